The van der Waals surface area contributed by atoms with Crippen molar-refractivity contribution < 1.29 is 32.5 Å². The first kappa shape index (κ1) is 26.0. The normalized spacial score (nSPS) is 18.7. The highest BCUT2D eigenvalue weighted by atomic mass is 19.2. The predicted molar refractivity (Wildman–Crippen MR) is 130 cm³/mol. The third-order valence-electron chi connectivity index (χ3n) is 7.15. The second-order valence-electron chi connectivity index (χ2n) is 9.48. The van der Waals surface area contributed by atoms with Gasteiger partial charge in [-0.3, -0.25) is 0 Å². The molecule has 1 aliphatic rings. The van der Waals surface area contributed by atoms with Crippen LogP contribution >= 0.6 is 0 Å². The molecule has 4 rings (SSSR count). The Morgan fingerprint density at radius 1 is 0.833 bits per heavy atom. The van der Waals surface area contributed by atoms with Crippen LogP contribution < -0.4 is 4.74 Å². The van der Waals surface area contributed by atoms with Gasteiger partial charge in [0.05, 0.1) is 6.10 Å². The SMILES string of the molecule is CCCC(O)C1CCC(c2ccc(-c3ccc(OCc4ccc(O)c(F)c4F)cc3)c(F)c2F)CC1. The molecule has 0 bridgehead atoms. The molecule has 3 aromatic carbocycles. The highest BCUT2D eigenvalue weighted by Gasteiger charge is 2.29. The van der Waals surface area contributed by atoms with E-state index in [2.05, 4.69) is 0 Å². The van der Waals surface area contributed by atoms with Gasteiger partial charge < -0.3 is 14.9 Å². The van der Waals surface area contributed by atoms with Crippen LogP contribution in [0.25, 0.3) is 11.1 Å². The van der Waals surface area contributed by atoms with E-state index in [1.54, 1.807) is 24.3 Å². The number of hydrogen-bond donors (Lipinski definition) is 2. The molecule has 7 heteroatoms. The van der Waals surface area contributed by atoms with Gasteiger partial charge in [-0.25, -0.2) is 13.2 Å². The lowest BCUT2D eigenvalue weighted by atomic mass is 9.75. The molecule has 36 heavy (non-hydrogen) atoms. The average molecular weight is 503 g/mol. The molecule has 0 spiro atoms. The first-order chi connectivity index (χ1) is 17.3. The molecular formula is C29H30F4O3. The maximum atomic E-state index is 15.1. The van der Waals surface area contributed by atoms with Gasteiger partial charge in [0, 0.05) is 11.1 Å². The Kier molecular flexibility index (Phi) is 8.19. The molecule has 3 nitrogen and oxygen atoms in total. The highest BCUT2D eigenvalue weighted by Crippen LogP contribution is 2.40. The maximum absolute atomic E-state index is 15.1. The van der Waals surface area contributed by atoms with Crippen molar-refractivity contribution in [1.82, 2.24) is 0 Å². The third-order valence-corrected chi connectivity index (χ3v) is 7.15. The number of aliphatic hydroxyl groups is 1. The van der Waals surface area contributed by atoms with Crippen LogP contribution in [0.5, 0.6) is 11.5 Å². The summed E-state index contributed by atoms with van der Waals surface area (Å²) in [4.78, 5) is 0. The fraction of sp³-hybridized carbons (Fsp3) is 0.379. The number of halogens is 4. The van der Waals surface area contributed by atoms with Crippen molar-refractivity contribution in [3.8, 4) is 22.6 Å². The van der Waals surface area contributed by atoms with Gasteiger partial charge in [-0.05, 0) is 79.3 Å². The smallest absolute Gasteiger partial charge is 0.200 e. The summed E-state index contributed by atoms with van der Waals surface area (Å²) in [6, 6.07) is 11.7. The lowest BCUT2D eigenvalue weighted by molar-refractivity contribution is 0.0727. The molecule has 0 aromatic heterocycles. The van der Waals surface area contributed by atoms with Crippen molar-refractivity contribution in [2.45, 2.75) is 64.1 Å². The molecule has 1 fully saturated rings. The molecule has 3 aromatic rings. The Bertz CT molecular complexity index is 1190. The van der Waals surface area contributed by atoms with Crippen molar-refractivity contribution in [3.05, 3.63) is 82.9 Å². The number of ether oxygens (including phenoxy) is 1. The Labute approximate surface area is 208 Å². The number of hydrogen-bond acceptors (Lipinski definition) is 3. The lowest BCUT2D eigenvalue weighted by Gasteiger charge is -2.32. The van der Waals surface area contributed by atoms with E-state index < -0.39 is 29.0 Å². The zero-order valence-electron chi connectivity index (χ0n) is 20.1. The molecule has 2 N–H and O–H groups in total. The number of aliphatic hydroxyl groups excluding tert-OH is 1. The van der Waals surface area contributed by atoms with Gasteiger partial charge in [0.25, 0.3) is 0 Å². The Hall–Kier alpha value is -3.06. The summed E-state index contributed by atoms with van der Waals surface area (Å²) < 4.78 is 63.0. The monoisotopic (exact) mass is 502 g/mol. The molecule has 0 heterocycles. The molecule has 1 aliphatic carbocycles. The molecule has 1 saturated carbocycles. The van der Waals surface area contributed by atoms with E-state index in [0.29, 0.717) is 16.9 Å². The zero-order valence-corrected chi connectivity index (χ0v) is 20.1. The summed E-state index contributed by atoms with van der Waals surface area (Å²) in [5.41, 5.74) is 0.898. The predicted octanol–water partition coefficient (Wildman–Crippen LogP) is 7.63. The van der Waals surface area contributed by atoms with Crippen LogP contribution in [0.1, 0.15) is 62.5 Å². The second-order valence-corrected chi connectivity index (χ2v) is 9.48. The number of rotatable bonds is 8. The van der Waals surface area contributed by atoms with Crippen LogP contribution in [0, 0.1) is 29.2 Å². The molecule has 0 saturated heterocycles. The van der Waals surface area contributed by atoms with Crippen LogP contribution in [0.4, 0.5) is 17.6 Å². The topological polar surface area (TPSA) is 49.7 Å². The Balaban J connectivity index is 1.42. The minimum atomic E-state index is -1.34. The van der Waals surface area contributed by atoms with Gasteiger partial charge in [0.2, 0.25) is 5.82 Å². The number of phenols is 1. The van der Waals surface area contributed by atoms with Gasteiger partial charge in [0.1, 0.15) is 12.4 Å². The zero-order chi connectivity index (χ0) is 25.8. The summed E-state index contributed by atoms with van der Waals surface area (Å²) in [6.45, 7) is 1.77. The fourth-order valence-corrected chi connectivity index (χ4v) is 5.03. The van der Waals surface area contributed by atoms with Gasteiger partial charge in [0.15, 0.2) is 23.2 Å². The van der Waals surface area contributed by atoms with E-state index in [-0.39, 0.29) is 35.7 Å². The summed E-state index contributed by atoms with van der Waals surface area (Å²) in [7, 11) is 0. The highest BCUT2D eigenvalue weighted by molar-refractivity contribution is 5.65. The second kappa shape index (κ2) is 11.3. The minimum Gasteiger partial charge on any atom is -0.505 e. The average Bonchev–Trinajstić information content (AvgIpc) is 2.89. The number of aromatic hydroxyl groups is 1. The summed E-state index contributed by atoms with van der Waals surface area (Å²) in [6.07, 6.45) is 4.41. The lowest BCUT2D eigenvalue weighted by Crippen LogP contribution is -2.25. The van der Waals surface area contributed by atoms with E-state index in [0.717, 1.165) is 44.6 Å². The van der Waals surface area contributed by atoms with E-state index in [9.17, 15) is 19.0 Å². The van der Waals surface area contributed by atoms with Gasteiger partial charge in [-0.1, -0.05) is 37.6 Å². The first-order valence-electron chi connectivity index (χ1n) is 12.3. The van der Waals surface area contributed by atoms with Crippen molar-refractivity contribution >= 4 is 0 Å². The Morgan fingerprint density at radius 3 is 2.19 bits per heavy atom. The van der Waals surface area contributed by atoms with Crippen molar-refractivity contribution in [2.75, 3.05) is 0 Å². The molecule has 0 aliphatic heterocycles. The Morgan fingerprint density at radius 2 is 1.53 bits per heavy atom. The number of benzene rings is 3. The standard InChI is InChI=1S/C29H30F4O3/c1-2-3-24(34)19-6-4-17(5-7-19)22-13-14-23(28(32)27(22)31)18-8-11-21(12-9-18)36-16-20-10-15-25(35)29(33)26(20)30/h8-15,17,19,24,34-35H,2-7,16H2,1H3. The summed E-state index contributed by atoms with van der Waals surface area (Å²) >= 11 is 0. The largest absolute Gasteiger partial charge is 0.505 e. The van der Waals surface area contributed by atoms with Crippen molar-refractivity contribution in [1.29, 1.82) is 0 Å². The third kappa shape index (κ3) is 5.51. The first-order valence-corrected chi connectivity index (χ1v) is 12.3. The van der Waals surface area contributed by atoms with Crippen LogP contribution in [-0.4, -0.2) is 16.3 Å². The summed E-state index contributed by atoms with van der Waals surface area (Å²) in [5.74, 6) is -4.56. The van der Waals surface area contributed by atoms with Crippen molar-refractivity contribution in [3.63, 3.8) is 0 Å². The maximum Gasteiger partial charge on any atom is 0.200 e. The van der Waals surface area contributed by atoms with Gasteiger partial charge in [-0.15, -0.1) is 0 Å². The molecule has 0 radical (unpaired) electrons. The van der Waals surface area contributed by atoms with Crippen LogP contribution in [0.15, 0.2) is 48.5 Å². The van der Waals surface area contributed by atoms with E-state index >= 15 is 8.78 Å². The fourth-order valence-electron chi connectivity index (χ4n) is 5.03. The van der Waals surface area contributed by atoms with Gasteiger partial charge >= 0.3 is 0 Å². The molecular weight excluding hydrogens is 472 g/mol. The van der Waals surface area contributed by atoms with Crippen LogP contribution in [0.2, 0.25) is 0 Å². The van der Waals surface area contributed by atoms with E-state index in [4.69, 9.17) is 4.74 Å². The minimum absolute atomic E-state index is 0.0630. The number of phenolic OH excluding ortho intramolecular Hbond substituents is 1. The van der Waals surface area contributed by atoms with Crippen molar-refractivity contribution in [2.24, 2.45) is 5.92 Å². The quantitative estimate of drug-likeness (QED) is 0.312. The molecule has 1 atom stereocenters. The molecule has 192 valence electrons. The van der Waals surface area contributed by atoms with Crippen LogP contribution in [0.3, 0.4) is 0 Å². The van der Waals surface area contributed by atoms with Crippen LogP contribution in [-0.2, 0) is 6.61 Å². The van der Waals surface area contributed by atoms with E-state index in [1.165, 1.54) is 18.2 Å². The van der Waals surface area contributed by atoms with Gasteiger partial charge in [-0.2, -0.15) is 4.39 Å². The summed E-state index contributed by atoms with van der Waals surface area (Å²) in [5, 5.41) is 19.5. The molecule has 0 amide bonds. The molecule has 1 unspecified atom stereocenters. The van der Waals surface area contributed by atoms with E-state index in [1.807, 2.05) is 6.92 Å².